The fourth-order valence-electron chi connectivity index (χ4n) is 3.74. The molecule has 2 aliphatic heterocycles. The maximum atomic E-state index is 5.49. The minimum atomic E-state index is 0. The number of halogens is 1. The van der Waals surface area contributed by atoms with Crippen molar-refractivity contribution in [1.29, 1.82) is 0 Å². The molecule has 3 rings (SSSR count). The SMILES string of the molecule is CN=C(NCCCC1CC1)NC1CCN(CC2CCOC2)CC1.I. The first-order valence-corrected chi connectivity index (χ1v) is 9.61. The quantitative estimate of drug-likeness (QED) is 0.271. The van der Waals surface area contributed by atoms with Gasteiger partial charge in [-0.3, -0.25) is 4.99 Å². The molecule has 1 saturated carbocycles. The molecule has 0 spiro atoms. The van der Waals surface area contributed by atoms with E-state index in [1.54, 1.807) is 0 Å². The number of hydrogen-bond acceptors (Lipinski definition) is 3. The lowest BCUT2D eigenvalue weighted by Gasteiger charge is -2.34. The Morgan fingerprint density at radius 3 is 2.54 bits per heavy atom. The van der Waals surface area contributed by atoms with Gasteiger partial charge in [-0.1, -0.05) is 12.8 Å². The average molecular weight is 450 g/mol. The summed E-state index contributed by atoms with van der Waals surface area (Å²) in [4.78, 5) is 7.00. The van der Waals surface area contributed by atoms with Gasteiger partial charge in [-0.25, -0.2) is 0 Å². The summed E-state index contributed by atoms with van der Waals surface area (Å²) in [6.45, 7) is 6.61. The molecule has 140 valence electrons. The molecule has 24 heavy (non-hydrogen) atoms. The van der Waals surface area contributed by atoms with Gasteiger partial charge in [0.25, 0.3) is 0 Å². The first kappa shape index (κ1) is 20.2. The Balaban J connectivity index is 0.00000208. The zero-order chi connectivity index (χ0) is 15.9. The molecule has 2 N–H and O–H groups in total. The fourth-order valence-corrected chi connectivity index (χ4v) is 3.74. The summed E-state index contributed by atoms with van der Waals surface area (Å²) >= 11 is 0. The lowest BCUT2D eigenvalue weighted by Crippen LogP contribution is -2.49. The molecule has 2 saturated heterocycles. The Labute approximate surface area is 164 Å². The molecular weight excluding hydrogens is 415 g/mol. The van der Waals surface area contributed by atoms with Gasteiger partial charge in [-0.2, -0.15) is 0 Å². The largest absolute Gasteiger partial charge is 0.381 e. The van der Waals surface area contributed by atoms with E-state index in [0.717, 1.165) is 37.6 Å². The summed E-state index contributed by atoms with van der Waals surface area (Å²) in [6.07, 6.45) is 9.25. The molecule has 3 fully saturated rings. The lowest BCUT2D eigenvalue weighted by molar-refractivity contribution is 0.150. The van der Waals surface area contributed by atoms with Crippen LogP contribution in [0.3, 0.4) is 0 Å². The van der Waals surface area contributed by atoms with Gasteiger partial charge in [-0.15, -0.1) is 24.0 Å². The average Bonchev–Trinajstić information content (AvgIpc) is 3.26. The van der Waals surface area contributed by atoms with Gasteiger partial charge in [0.1, 0.15) is 0 Å². The molecular formula is C18H35IN4O. The number of likely N-dealkylation sites (tertiary alicyclic amines) is 1. The van der Waals surface area contributed by atoms with Crippen molar-refractivity contribution in [2.75, 3.05) is 46.4 Å². The van der Waals surface area contributed by atoms with Gasteiger partial charge in [0.2, 0.25) is 0 Å². The molecule has 0 amide bonds. The lowest BCUT2D eigenvalue weighted by atomic mass is 10.0. The second kappa shape index (κ2) is 10.8. The topological polar surface area (TPSA) is 48.9 Å². The zero-order valence-electron chi connectivity index (χ0n) is 15.1. The van der Waals surface area contributed by atoms with Crippen LogP contribution < -0.4 is 10.6 Å². The highest BCUT2D eigenvalue weighted by Gasteiger charge is 2.24. The van der Waals surface area contributed by atoms with Gasteiger partial charge in [0.15, 0.2) is 5.96 Å². The molecule has 1 unspecified atom stereocenters. The Morgan fingerprint density at radius 1 is 1.12 bits per heavy atom. The maximum absolute atomic E-state index is 5.49. The van der Waals surface area contributed by atoms with E-state index in [4.69, 9.17) is 4.74 Å². The first-order chi connectivity index (χ1) is 11.3. The van der Waals surface area contributed by atoms with Crippen molar-refractivity contribution in [3.05, 3.63) is 0 Å². The molecule has 0 radical (unpaired) electrons. The molecule has 3 aliphatic rings. The summed E-state index contributed by atoms with van der Waals surface area (Å²) in [7, 11) is 1.88. The normalized spacial score (nSPS) is 26.2. The second-order valence-electron chi connectivity index (χ2n) is 7.53. The Kier molecular flexibility index (Phi) is 9.11. The molecule has 0 aromatic carbocycles. The number of hydrogen-bond donors (Lipinski definition) is 2. The van der Waals surface area contributed by atoms with Crippen molar-refractivity contribution in [3.63, 3.8) is 0 Å². The van der Waals surface area contributed by atoms with Crippen LogP contribution in [-0.2, 0) is 4.74 Å². The van der Waals surface area contributed by atoms with Crippen molar-refractivity contribution in [2.24, 2.45) is 16.8 Å². The van der Waals surface area contributed by atoms with Crippen LogP contribution in [0.5, 0.6) is 0 Å². The Morgan fingerprint density at radius 2 is 1.92 bits per heavy atom. The van der Waals surface area contributed by atoms with Crippen molar-refractivity contribution >= 4 is 29.9 Å². The molecule has 1 aliphatic carbocycles. The molecule has 0 aromatic rings. The number of aliphatic imine (C=N–C) groups is 1. The third kappa shape index (κ3) is 7.04. The van der Waals surface area contributed by atoms with E-state index in [9.17, 15) is 0 Å². The van der Waals surface area contributed by atoms with Crippen LogP contribution in [0.15, 0.2) is 4.99 Å². The molecule has 0 aromatic heterocycles. The number of rotatable bonds is 7. The minimum absolute atomic E-state index is 0. The van der Waals surface area contributed by atoms with E-state index in [2.05, 4.69) is 20.5 Å². The van der Waals surface area contributed by atoms with Gasteiger partial charge < -0.3 is 20.3 Å². The number of nitrogens with one attached hydrogen (secondary N) is 2. The maximum Gasteiger partial charge on any atom is 0.191 e. The van der Waals surface area contributed by atoms with Crippen LogP contribution in [0.1, 0.15) is 44.9 Å². The van der Waals surface area contributed by atoms with Crippen LogP contribution in [0.2, 0.25) is 0 Å². The summed E-state index contributed by atoms with van der Waals surface area (Å²) in [5, 5.41) is 7.09. The van der Waals surface area contributed by atoms with Gasteiger partial charge in [0, 0.05) is 45.9 Å². The van der Waals surface area contributed by atoms with Crippen molar-refractivity contribution in [3.8, 4) is 0 Å². The predicted molar refractivity (Wildman–Crippen MR) is 110 cm³/mol. The van der Waals surface area contributed by atoms with Gasteiger partial charge >= 0.3 is 0 Å². The highest BCUT2D eigenvalue weighted by Crippen LogP contribution is 2.33. The number of nitrogens with zero attached hydrogens (tertiary/aromatic N) is 2. The highest BCUT2D eigenvalue weighted by molar-refractivity contribution is 14.0. The second-order valence-corrected chi connectivity index (χ2v) is 7.53. The summed E-state index contributed by atoms with van der Waals surface area (Å²) < 4.78 is 5.49. The summed E-state index contributed by atoms with van der Waals surface area (Å²) in [5.41, 5.74) is 0. The number of guanidine groups is 1. The van der Waals surface area contributed by atoms with Crippen molar-refractivity contribution in [1.82, 2.24) is 15.5 Å². The summed E-state index contributed by atoms with van der Waals surface area (Å²) in [5.74, 6) is 2.78. The minimum Gasteiger partial charge on any atom is -0.381 e. The van der Waals surface area contributed by atoms with E-state index in [1.165, 1.54) is 64.6 Å². The first-order valence-electron chi connectivity index (χ1n) is 9.61. The van der Waals surface area contributed by atoms with Crippen LogP contribution in [-0.4, -0.2) is 63.3 Å². The van der Waals surface area contributed by atoms with Crippen LogP contribution >= 0.6 is 24.0 Å². The molecule has 1 atom stereocenters. The fraction of sp³-hybridized carbons (Fsp3) is 0.944. The third-order valence-corrected chi connectivity index (χ3v) is 5.47. The Hall–Kier alpha value is -0.0800. The molecule has 0 bridgehead atoms. The number of ether oxygens (including phenoxy) is 1. The Bertz CT molecular complexity index is 375. The third-order valence-electron chi connectivity index (χ3n) is 5.47. The molecule has 2 heterocycles. The van der Waals surface area contributed by atoms with Gasteiger partial charge in [-0.05, 0) is 43.9 Å². The van der Waals surface area contributed by atoms with Gasteiger partial charge in [0.05, 0.1) is 6.61 Å². The number of piperidine rings is 1. The zero-order valence-corrected chi connectivity index (χ0v) is 17.5. The smallest absolute Gasteiger partial charge is 0.191 e. The van der Waals surface area contributed by atoms with Crippen molar-refractivity contribution in [2.45, 2.75) is 51.0 Å². The predicted octanol–water partition coefficient (Wildman–Crippen LogP) is 2.46. The standard InChI is InChI=1S/C18H34N4O.HI/c1-19-18(20-9-2-3-15-4-5-15)21-17-6-10-22(11-7-17)13-16-8-12-23-14-16;/h15-17H,2-14H2,1H3,(H2,19,20,21);1H. The molecule has 6 heteroatoms. The van der Waals surface area contributed by atoms with Crippen LogP contribution in [0.25, 0.3) is 0 Å². The van der Waals surface area contributed by atoms with E-state index in [1.807, 2.05) is 7.05 Å². The van der Waals surface area contributed by atoms with Crippen molar-refractivity contribution < 1.29 is 4.74 Å². The van der Waals surface area contributed by atoms with E-state index < -0.39 is 0 Å². The van der Waals surface area contributed by atoms with E-state index in [-0.39, 0.29) is 24.0 Å². The van der Waals surface area contributed by atoms with Crippen LogP contribution in [0.4, 0.5) is 0 Å². The highest BCUT2D eigenvalue weighted by atomic mass is 127. The molecule has 5 nitrogen and oxygen atoms in total. The summed E-state index contributed by atoms with van der Waals surface area (Å²) in [6, 6.07) is 0.570. The van der Waals surface area contributed by atoms with E-state index >= 15 is 0 Å². The monoisotopic (exact) mass is 450 g/mol. The van der Waals surface area contributed by atoms with Crippen LogP contribution in [0, 0.1) is 11.8 Å². The van der Waals surface area contributed by atoms with E-state index in [0.29, 0.717) is 6.04 Å².